The van der Waals surface area contributed by atoms with Gasteiger partial charge in [0.2, 0.25) is 0 Å². The lowest BCUT2D eigenvalue weighted by Crippen LogP contribution is -2.60. The standard InChI is InChI=1S/C30H48O4/c1-27(2,23-11-7-5-8-12-23)33-25(31)29-16-21-15-22(17-29)19-30(18-21,20-29)26(32)34-28(3,4)24-13-9-6-10-14-24/h21-24H,5-20H2,1-4H3. The van der Waals surface area contributed by atoms with Crippen molar-refractivity contribution >= 4 is 11.9 Å². The maximum absolute atomic E-state index is 13.9. The fourth-order valence-corrected chi connectivity index (χ4v) is 9.20. The second-order valence-electron chi connectivity index (χ2n) is 14.2. The minimum absolute atomic E-state index is 0.0131. The van der Waals surface area contributed by atoms with Gasteiger partial charge in [0, 0.05) is 0 Å². The van der Waals surface area contributed by atoms with Crippen LogP contribution < -0.4 is 0 Å². The predicted molar refractivity (Wildman–Crippen MR) is 133 cm³/mol. The molecule has 6 saturated carbocycles. The van der Waals surface area contributed by atoms with Crippen LogP contribution in [-0.2, 0) is 19.1 Å². The van der Waals surface area contributed by atoms with Crippen LogP contribution in [0.4, 0.5) is 0 Å². The van der Waals surface area contributed by atoms with Crippen LogP contribution in [-0.4, -0.2) is 23.1 Å². The first-order valence-corrected chi connectivity index (χ1v) is 14.5. The molecule has 0 aliphatic heterocycles. The van der Waals surface area contributed by atoms with Crippen LogP contribution in [0.25, 0.3) is 0 Å². The maximum Gasteiger partial charge on any atom is 0.312 e. The number of carbonyl (C=O) groups is 2. The first-order chi connectivity index (χ1) is 16.0. The van der Waals surface area contributed by atoms with E-state index in [1.807, 2.05) is 0 Å². The Labute approximate surface area is 207 Å². The molecule has 0 aromatic rings. The van der Waals surface area contributed by atoms with E-state index in [4.69, 9.17) is 9.47 Å². The summed E-state index contributed by atoms with van der Waals surface area (Å²) in [4.78, 5) is 27.8. The van der Waals surface area contributed by atoms with E-state index in [0.717, 1.165) is 51.4 Å². The Balaban J connectivity index is 1.32. The van der Waals surface area contributed by atoms with Crippen LogP contribution in [0.2, 0.25) is 0 Å². The van der Waals surface area contributed by atoms with Crippen LogP contribution in [0.15, 0.2) is 0 Å². The minimum Gasteiger partial charge on any atom is -0.459 e. The molecule has 0 aromatic carbocycles. The Morgan fingerprint density at radius 3 is 1.32 bits per heavy atom. The van der Waals surface area contributed by atoms with Gasteiger partial charge in [-0.2, -0.15) is 0 Å². The summed E-state index contributed by atoms with van der Waals surface area (Å²) < 4.78 is 12.8. The van der Waals surface area contributed by atoms with Crippen molar-refractivity contribution in [2.75, 3.05) is 0 Å². The van der Waals surface area contributed by atoms with E-state index in [-0.39, 0.29) is 11.9 Å². The lowest BCUT2D eigenvalue weighted by atomic mass is 9.44. The Morgan fingerprint density at radius 2 is 0.971 bits per heavy atom. The molecule has 0 N–H and O–H groups in total. The molecule has 0 aromatic heterocycles. The number of carbonyl (C=O) groups excluding carboxylic acids is 2. The molecule has 0 heterocycles. The normalized spacial score (nSPS) is 36.9. The molecule has 0 saturated heterocycles. The first kappa shape index (κ1) is 24.6. The number of hydrogen-bond donors (Lipinski definition) is 0. The average molecular weight is 473 g/mol. The van der Waals surface area contributed by atoms with E-state index in [2.05, 4.69) is 27.7 Å². The molecular weight excluding hydrogens is 424 g/mol. The lowest BCUT2D eigenvalue weighted by Gasteiger charge is -2.60. The van der Waals surface area contributed by atoms with Gasteiger partial charge in [0.15, 0.2) is 0 Å². The van der Waals surface area contributed by atoms with Crippen molar-refractivity contribution in [2.24, 2.45) is 34.5 Å². The fraction of sp³-hybridized carbons (Fsp3) is 0.933. The molecule has 6 fully saturated rings. The molecule has 0 spiro atoms. The van der Waals surface area contributed by atoms with Crippen LogP contribution in [0.5, 0.6) is 0 Å². The molecule has 0 radical (unpaired) electrons. The average Bonchev–Trinajstić information content (AvgIpc) is 2.79. The smallest absolute Gasteiger partial charge is 0.312 e. The fourth-order valence-electron chi connectivity index (χ4n) is 9.20. The van der Waals surface area contributed by atoms with Crippen molar-refractivity contribution in [1.29, 1.82) is 0 Å². The van der Waals surface area contributed by atoms with Crippen molar-refractivity contribution in [1.82, 2.24) is 0 Å². The van der Waals surface area contributed by atoms with Gasteiger partial charge in [0.25, 0.3) is 0 Å². The molecule has 192 valence electrons. The third kappa shape index (κ3) is 4.45. The van der Waals surface area contributed by atoms with Crippen molar-refractivity contribution in [3.63, 3.8) is 0 Å². The quantitative estimate of drug-likeness (QED) is 0.379. The van der Waals surface area contributed by atoms with E-state index in [1.54, 1.807) is 0 Å². The first-order valence-electron chi connectivity index (χ1n) is 14.5. The topological polar surface area (TPSA) is 52.6 Å². The van der Waals surface area contributed by atoms with E-state index in [0.29, 0.717) is 30.1 Å². The monoisotopic (exact) mass is 472 g/mol. The predicted octanol–water partition coefficient (Wildman–Crippen LogP) is 7.38. The van der Waals surface area contributed by atoms with Gasteiger partial charge in [-0.05, 0) is 116 Å². The second-order valence-corrected chi connectivity index (χ2v) is 14.2. The Morgan fingerprint density at radius 1 is 0.618 bits per heavy atom. The summed E-state index contributed by atoms with van der Waals surface area (Å²) in [6, 6.07) is 0. The van der Waals surface area contributed by atoms with Crippen LogP contribution in [0, 0.1) is 34.5 Å². The molecule has 0 atom stereocenters. The van der Waals surface area contributed by atoms with E-state index in [1.165, 1.54) is 44.9 Å². The van der Waals surface area contributed by atoms with Gasteiger partial charge >= 0.3 is 11.9 Å². The summed E-state index contributed by atoms with van der Waals surface area (Å²) in [5.41, 5.74) is -1.80. The van der Waals surface area contributed by atoms with Crippen molar-refractivity contribution in [2.45, 2.75) is 142 Å². The van der Waals surface area contributed by atoms with Gasteiger partial charge in [-0.1, -0.05) is 38.5 Å². The molecule has 6 rings (SSSR count). The highest BCUT2D eigenvalue weighted by Crippen LogP contribution is 2.66. The summed E-state index contributed by atoms with van der Waals surface area (Å²) in [5.74, 6) is 1.79. The molecule has 6 aliphatic carbocycles. The van der Waals surface area contributed by atoms with Gasteiger partial charge in [-0.3, -0.25) is 9.59 Å². The highest BCUT2D eigenvalue weighted by Gasteiger charge is 2.65. The van der Waals surface area contributed by atoms with Gasteiger partial charge in [0.05, 0.1) is 10.8 Å². The zero-order chi connectivity index (χ0) is 24.2. The largest absolute Gasteiger partial charge is 0.459 e. The second kappa shape index (κ2) is 8.80. The van der Waals surface area contributed by atoms with Gasteiger partial charge < -0.3 is 9.47 Å². The zero-order valence-electron chi connectivity index (χ0n) is 22.3. The lowest BCUT2D eigenvalue weighted by molar-refractivity contribution is -0.211. The van der Waals surface area contributed by atoms with Crippen molar-refractivity contribution < 1.29 is 19.1 Å². The Bertz CT molecular complexity index is 708. The van der Waals surface area contributed by atoms with Crippen LogP contribution in [0.3, 0.4) is 0 Å². The summed E-state index contributed by atoms with van der Waals surface area (Å²) in [5, 5.41) is 0. The highest BCUT2D eigenvalue weighted by atomic mass is 16.6. The van der Waals surface area contributed by atoms with Crippen molar-refractivity contribution in [3.8, 4) is 0 Å². The van der Waals surface area contributed by atoms with Crippen molar-refractivity contribution in [3.05, 3.63) is 0 Å². The zero-order valence-corrected chi connectivity index (χ0v) is 22.3. The molecule has 4 bridgehead atoms. The third-order valence-electron chi connectivity index (χ3n) is 10.8. The molecular formula is C30H48O4. The Hall–Kier alpha value is -1.06. The van der Waals surface area contributed by atoms with Gasteiger partial charge in [0.1, 0.15) is 11.2 Å². The van der Waals surface area contributed by atoms with Gasteiger partial charge in [-0.15, -0.1) is 0 Å². The minimum atomic E-state index is -0.482. The molecule has 6 aliphatic rings. The molecule has 4 nitrogen and oxygen atoms in total. The number of hydrogen-bond acceptors (Lipinski definition) is 4. The maximum atomic E-state index is 13.9. The number of rotatable bonds is 6. The van der Waals surface area contributed by atoms with E-state index in [9.17, 15) is 9.59 Å². The number of ether oxygens (including phenoxy) is 2. The summed E-state index contributed by atoms with van der Waals surface area (Å²) in [6.07, 6.45) is 17.6. The number of esters is 2. The third-order valence-corrected chi connectivity index (χ3v) is 10.8. The van der Waals surface area contributed by atoms with Crippen LogP contribution >= 0.6 is 0 Å². The SMILES string of the molecule is CC(C)(OC(=O)C12CC3CC(C1)CC(C(=O)OC(C)(C)C1CCCCC1)(C3)C2)C1CCCCC1. The summed E-state index contributed by atoms with van der Waals surface area (Å²) >= 11 is 0. The molecule has 4 heteroatoms. The summed E-state index contributed by atoms with van der Waals surface area (Å²) in [7, 11) is 0. The molecule has 34 heavy (non-hydrogen) atoms. The van der Waals surface area contributed by atoms with Gasteiger partial charge in [-0.25, -0.2) is 0 Å². The molecule has 0 unspecified atom stereocenters. The Kier molecular flexibility index (Phi) is 6.37. The highest BCUT2D eigenvalue weighted by molar-refractivity contribution is 5.83. The van der Waals surface area contributed by atoms with E-state index >= 15 is 0 Å². The summed E-state index contributed by atoms with van der Waals surface area (Å²) in [6.45, 7) is 8.49. The van der Waals surface area contributed by atoms with E-state index < -0.39 is 22.0 Å². The van der Waals surface area contributed by atoms with Crippen LogP contribution in [0.1, 0.15) is 130 Å². The molecule has 0 amide bonds.